The van der Waals surface area contributed by atoms with Crippen LogP contribution in [0.25, 0.3) is 0 Å². The number of ether oxygens (including phenoxy) is 2. The van der Waals surface area contributed by atoms with E-state index in [9.17, 15) is 20.0 Å². The third-order valence-corrected chi connectivity index (χ3v) is 4.23. The first-order chi connectivity index (χ1) is 13.2. The zero-order valence-corrected chi connectivity index (χ0v) is 16.9. The molecule has 0 spiro atoms. The number of hydrazone groups is 1. The Hall–Kier alpha value is -3.14. The molecule has 0 atom stereocenters. The topological polar surface area (TPSA) is 123 Å². The second-order valence-corrected chi connectivity index (χ2v) is 6.64. The molecule has 2 rings (SSSR count). The number of hydrogen-bond donors (Lipinski definition) is 2. The number of carbonyl (C=O) groups excluding carboxylic acids is 1. The lowest BCUT2D eigenvalue weighted by atomic mass is 10.1. The minimum absolute atomic E-state index is 0.0537. The Morgan fingerprint density at radius 2 is 2.07 bits per heavy atom. The van der Waals surface area contributed by atoms with Crippen LogP contribution in [-0.2, 0) is 4.79 Å². The summed E-state index contributed by atoms with van der Waals surface area (Å²) in [5, 5.41) is 24.6. The molecule has 0 heterocycles. The molecule has 0 saturated carbocycles. The molecule has 9 nitrogen and oxygen atoms in total. The number of methoxy groups -OCH3 is 1. The standard InChI is InChI=1S/C18H18BrN3O6/c1-10-6-11(2)17(13(19)7-10)28-9-15(24)21-20-8-12-4-5-14(23)18(27-3)16(12)22(25)26/h4-8,23H,9H2,1-3H3,(H,21,24)/b20-8-. The Labute approximate surface area is 169 Å². The van der Waals surface area contributed by atoms with Gasteiger partial charge in [-0.05, 0) is 59.1 Å². The summed E-state index contributed by atoms with van der Waals surface area (Å²) in [7, 11) is 1.20. The number of amides is 1. The van der Waals surface area contributed by atoms with Gasteiger partial charge in [-0.3, -0.25) is 14.9 Å². The highest BCUT2D eigenvalue weighted by atomic mass is 79.9. The molecule has 10 heteroatoms. The van der Waals surface area contributed by atoms with E-state index in [2.05, 4.69) is 26.5 Å². The Kier molecular flexibility index (Phi) is 6.94. The van der Waals surface area contributed by atoms with Crippen LogP contribution in [0.15, 0.2) is 33.8 Å². The fraction of sp³-hybridized carbons (Fsp3) is 0.222. The lowest BCUT2D eigenvalue weighted by Crippen LogP contribution is -2.25. The van der Waals surface area contributed by atoms with Gasteiger partial charge in [0.1, 0.15) is 5.75 Å². The number of phenolic OH excluding ortho intramolecular Hbond substituents is 1. The molecule has 0 aliphatic rings. The molecule has 0 aliphatic carbocycles. The van der Waals surface area contributed by atoms with Crippen molar-refractivity contribution >= 4 is 33.7 Å². The van der Waals surface area contributed by atoms with Gasteiger partial charge in [-0.2, -0.15) is 5.10 Å². The van der Waals surface area contributed by atoms with E-state index >= 15 is 0 Å². The Morgan fingerprint density at radius 1 is 1.36 bits per heavy atom. The lowest BCUT2D eigenvalue weighted by molar-refractivity contribution is -0.386. The van der Waals surface area contributed by atoms with Crippen molar-refractivity contribution in [1.82, 2.24) is 5.43 Å². The van der Waals surface area contributed by atoms with Gasteiger partial charge in [-0.1, -0.05) is 6.07 Å². The van der Waals surface area contributed by atoms with Crippen molar-refractivity contribution in [1.29, 1.82) is 0 Å². The van der Waals surface area contributed by atoms with Crippen LogP contribution in [0.2, 0.25) is 0 Å². The van der Waals surface area contributed by atoms with Gasteiger partial charge in [0.05, 0.1) is 28.3 Å². The highest BCUT2D eigenvalue weighted by Crippen LogP contribution is 2.37. The zero-order chi connectivity index (χ0) is 20.8. The average Bonchev–Trinajstić information content (AvgIpc) is 2.61. The highest BCUT2D eigenvalue weighted by Gasteiger charge is 2.23. The molecule has 1 amide bonds. The average molecular weight is 452 g/mol. The van der Waals surface area contributed by atoms with Crippen molar-refractivity contribution in [3.05, 3.63) is 55.5 Å². The monoisotopic (exact) mass is 451 g/mol. The summed E-state index contributed by atoms with van der Waals surface area (Å²) in [5.74, 6) is -0.661. The third-order valence-electron chi connectivity index (χ3n) is 3.64. The van der Waals surface area contributed by atoms with Gasteiger partial charge in [-0.25, -0.2) is 5.43 Å². The molecule has 2 aromatic carbocycles. The number of aromatic hydroxyl groups is 1. The number of carbonyl (C=O) groups is 1. The van der Waals surface area contributed by atoms with Gasteiger partial charge in [-0.15, -0.1) is 0 Å². The normalized spacial score (nSPS) is 10.7. The molecule has 0 aromatic heterocycles. The Morgan fingerprint density at radius 3 is 2.68 bits per heavy atom. The maximum absolute atomic E-state index is 11.9. The smallest absolute Gasteiger partial charge is 0.323 e. The number of benzene rings is 2. The van der Waals surface area contributed by atoms with E-state index in [1.807, 2.05) is 26.0 Å². The van der Waals surface area contributed by atoms with Crippen LogP contribution in [0.5, 0.6) is 17.2 Å². The number of nitro groups is 1. The first-order valence-corrected chi connectivity index (χ1v) is 8.79. The molecule has 0 saturated heterocycles. The number of aryl methyl sites for hydroxylation is 2. The summed E-state index contributed by atoms with van der Waals surface area (Å²) in [5.41, 5.74) is 3.75. The van der Waals surface area contributed by atoms with Crippen molar-refractivity contribution in [3.8, 4) is 17.2 Å². The second kappa shape index (κ2) is 9.18. The SMILES string of the molecule is COc1c(O)ccc(/C=N\NC(=O)COc2c(C)cc(C)cc2Br)c1[N+](=O)[O-]. The van der Waals surface area contributed by atoms with Gasteiger partial charge in [0.15, 0.2) is 12.4 Å². The van der Waals surface area contributed by atoms with Crippen molar-refractivity contribution in [3.63, 3.8) is 0 Å². The number of rotatable bonds is 7. The summed E-state index contributed by atoms with van der Waals surface area (Å²) in [6, 6.07) is 6.31. The maximum atomic E-state index is 11.9. The molecule has 28 heavy (non-hydrogen) atoms. The summed E-state index contributed by atoms with van der Waals surface area (Å²) < 4.78 is 11.1. The van der Waals surface area contributed by atoms with Crippen LogP contribution in [0.4, 0.5) is 5.69 Å². The van der Waals surface area contributed by atoms with Crippen LogP contribution >= 0.6 is 15.9 Å². The molecule has 148 valence electrons. The van der Waals surface area contributed by atoms with Crippen molar-refractivity contribution in [2.24, 2.45) is 5.10 Å². The Bertz CT molecular complexity index is 922. The minimum atomic E-state index is -0.706. The van der Waals surface area contributed by atoms with E-state index < -0.39 is 16.5 Å². The van der Waals surface area contributed by atoms with Gasteiger partial charge in [0.25, 0.3) is 5.91 Å². The molecular weight excluding hydrogens is 434 g/mol. The molecular formula is C18H18BrN3O6. The summed E-state index contributed by atoms with van der Waals surface area (Å²) in [6.45, 7) is 3.52. The van der Waals surface area contributed by atoms with E-state index in [4.69, 9.17) is 9.47 Å². The van der Waals surface area contributed by atoms with Crippen LogP contribution < -0.4 is 14.9 Å². The minimum Gasteiger partial charge on any atom is -0.504 e. The highest BCUT2D eigenvalue weighted by molar-refractivity contribution is 9.10. The number of nitrogens with zero attached hydrogens (tertiary/aromatic N) is 2. The summed E-state index contributed by atoms with van der Waals surface area (Å²) in [4.78, 5) is 22.5. The Balaban J connectivity index is 2.06. The van der Waals surface area contributed by atoms with Crippen molar-refractivity contribution in [2.75, 3.05) is 13.7 Å². The van der Waals surface area contributed by atoms with Gasteiger partial charge < -0.3 is 14.6 Å². The number of hydrogen-bond acceptors (Lipinski definition) is 7. The van der Waals surface area contributed by atoms with Crippen LogP contribution in [0, 0.1) is 24.0 Å². The molecule has 0 bridgehead atoms. The molecule has 0 fully saturated rings. The van der Waals surface area contributed by atoms with Gasteiger partial charge in [0, 0.05) is 0 Å². The van der Waals surface area contributed by atoms with E-state index in [1.54, 1.807) is 0 Å². The van der Waals surface area contributed by atoms with Gasteiger partial charge >= 0.3 is 5.69 Å². The van der Waals surface area contributed by atoms with Gasteiger partial charge in [0.2, 0.25) is 5.75 Å². The fourth-order valence-electron chi connectivity index (χ4n) is 2.50. The van der Waals surface area contributed by atoms with E-state index in [0.29, 0.717) is 5.75 Å². The zero-order valence-electron chi connectivity index (χ0n) is 15.4. The molecule has 0 unspecified atom stereocenters. The lowest BCUT2D eigenvalue weighted by Gasteiger charge is -2.11. The maximum Gasteiger partial charge on any atom is 0.323 e. The predicted octanol–water partition coefficient (Wildman–Crippen LogP) is 3.22. The first-order valence-electron chi connectivity index (χ1n) is 8.00. The number of nitro benzene ring substituents is 1. The van der Waals surface area contributed by atoms with E-state index in [0.717, 1.165) is 21.8 Å². The van der Waals surface area contributed by atoms with Crippen molar-refractivity contribution in [2.45, 2.75) is 13.8 Å². The molecule has 0 aliphatic heterocycles. The predicted molar refractivity (Wildman–Crippen MR) is 106 cm³/mol. The summed E-state index contributed by atoms with van der Waals surface area (Å²) >= 11 is 3.39. The third kappa shape index (κ3) is 4.97. The van der Waals surface area contributed by atoms with Crippen LogP contribution in [-0.4, -0.2) is 35.9 Å². The number of halogens is 1. The van der Waals surface area contributed by atoms with Crippen molar-refractivity contribution < 1.29 is 24.3 Å². The number of nitrogens with one attached hydrogen (secondary N) is 1. The largest absolute Gasteiger partial charge is 0.504 e. The van der Waals surface area contributed by atoms with Crippen LogP contribution in [0.1, 0.15) is 16.7 Å². The quantitative estimate of drug-likeness (QED) is 0.378. The number of phenols is 1. The van der Waals surface area contributed by atoms with E-state index in [1.165, 1.54) is 19.2 Å². The first kappa shape index (κ1) is 21.2. The molecule has 2 aromatic rings. The second-order valence-electron chi connectivity index (χ2n) is 5.79. The fourth-order valence-corrected chi connectivity index (χ4v) is 3.29. The summed E-state index contributed by atoms with van der Waals surface area (Å²) in [6.07, 6.45) is 1.09. The molecule has 2 N–H and O–H groups in total. The van der Waals surface area contributed by atoms with Crippen LogP contribution in [0.3, 0.4) is 0 Å². The van der Waals surface area contributed by atoms with E-state index in [-0.39, 0.29) is 23.7 Å². The molecule has 0 radical (unpaired) electrons.